The first kappa shape index (κ1) is 8.81. The Morgan fingerprint density at radius 1 is 1.36 bits per heavy atom. The van der Waals surface area contributed by atoms with Crippen molar-refractivity contribution in [3.05, 3.63) is 47.3 Å². The molecule has 1 aromatic heterocycles. The maximum absolute atomic E-state index is 10.4. The Kier molecular flexibility index (Phi) is 2.23. The first-order valence-corrected chi connectivity index (χ1v) is 4.55. The van der Waals surface area contributed by atoms with Crippen LogP contribution in [0.3, 0.4) is 0 Å². The maximum Gasteiger partial charge on any atom is 0.169 e. The van der Waals surface area contributed by atoms with Crippen LogP contribution in [0.1, 0.15) is 21.7 Å². The van der Waals surface area contributed by atoms with Gasteiger partial charge in [-0.25, -0.2) is 0 Å². The van der Waals surface area contributed by atoms with E-state index < -0.39 is 0 Å². The molecule has 1 aromatic carbocycles. The second-order valence-corrected chi connectivity index (χ2v) is 3.30. The van der Waals surface area contributed by atoms with Gasteiger partial charge in [-0.15, -0.1) is 0 Å². The summed E-state index contributed by atoms with van der Waals surface area (Å²) >= 11 is 0. The summed E-state index contributed by atoms with van der Waals surface area (Å²) in [5.41, 5.74) is 2.91. The van der Waals surface area contributed by atoms with Gasteiger partial charge >= 0.3 is 0 Å². The van der Waals surface area contributed by atoms with Crippen LogP contribution in [0.2, 0.25) is 0 Å². The molecule has 0 fully saturated rings. The topological polar surface area (TPSA) is 37.8 Å². The number of aromatic nitrogens is 2. The maximum atomic E-state index is 10.4. The van der Waals surface area contributed by atoms with Crippen molar-refractivity contribution in [3.8, 4) is 0 Å². The van der Waals surface area contributed by atoms with Gasteiger partial charge in [-0.2, -0.15) is 0 Å². The minimum Gasteiger partial charge on any atom is -0.296 e. The van der Waals surface area contributed by atoms with Crippen molar-refractivity contribution < 1.29 is 4.79 Å². The molecule has 0 spiro atoms. The van der Waals surface area contributed by atoms with Gasteiger partial charge in [-0.05, 0) is 12.5 Å². The standard InChI is InChI=1S/C11H12N2O/c1-9-11(8-14)12-13(9)7-10-5-3-2-4-6-10/h2-6,8,12H,7H2,1H3. The number of hydrogen-bond donors (Lipinski definition) is 1. The first-order chi connectivity index (χ1) is 6.81. The summed E-state index contributed by atoms with van der Waals surface area (Å²) in [7, 11) is 0. The molecule has 0 aliphatic rings. The highest BCUT2D eigenvalue weighted by molar-refractivity contribution is 5.73. The van der Waals surface area contributed by atoms with Gasteiger partial charge in [-0.1, -0.05) is 30.3 Å². The molecule has 3 heteroatoms. The van der Waals surface area contributed by atoms with E-state index in [1.807, 2.05) is 29.8 Å². The Labute approximate surface area is 82.3 Å². The van der Waals surface area contributed by atoms with Crippen molar-refractivity contribution in [2.45, 2.75) is 13.5 Å². The lowest BCUT2D eigenvalue weighted by atomic mass is 10.2. The normalized spacial score (nSPS) is 10.4. The van der Waals surface area contributed by atoms with E-state index in [0.717, 1.165) is 18.5 Å². The van der Waals surface area contributed by atoms with Crippen molar-refractivity contribution in [2.24, 2.45) is 0 Å². The zero-order valence-corrected chi connectivity index (χ0v) is 8.03. The Bertz CT molecular complexity index is 425. The summed E-state index contributed by atoms with van der Waals surface area (Å²) in [4.78, 5) is 10.4. The zero-order valence-electron chi connectivity index (χ0n) is 8.03. The highest BCUT2D eigenvalue weighted by atomic mass is 16.1. The van der Waals surface area contributed by atoms with E-state index in [9.17, 15) is 4.79 Å². The molecule has 0 aliphatic carbocycles. The Morgan fingerprint density at radius 2 is 2.07 bits per heavy atom. The van der Waals surface area contributed by atoms with Crippen LogP contribution in [-0.4, -0.2) is 16.1 Å². The van der Waals surface area contributed by atoms with E-state index in [0.29, 0.717) is 5.69 Å². The highest BCUT2D eigenvalue weighted by Crippen LogP contribution is 2.09. The quantitative estimate of drug-likeness (QED) is 0.735. The van der Waals surface area contributed by atoms with Crippen molar-refractivity contribution in [1.29, 1.82) is 0 Å². The van der Waals surface area contributed by atoms with Crippen LogP contribution in [0.25, 0.3) is 0 Å². The first-order valence-electron chi connectivity index (χ1n) is 4.55. The summed E-state index contributed by atoms with van der Waals surface area (Å²) in [5.74, 6) is 0. The predicted octanol–water partition coefficient (Wildman–Crippen LogP) is 1.99. The van der Waals surface area contributed by atoms with E-state index in [1.54, 1.807) is 0 Å². The number of carbonyl (C=O) groups excluding carboxylic acids is 1. The van der Waals surface area contributed by atoms with E-state index in [4.69, 9.17) is 0 Å². The van der Waals surface area contributed by atoms with Crippen molar-refractivity contribution in [3.63, 3.8) is 0 Å². The lowest BCUT2D eigenvalue weighted by molar-refractivity contribution is 0.111. The Morgan fingerprint density at radius 3 is 2.64 bits per heavy atom. The molecule has 14 heavy (non-hydrogen) atoms. The van der Waals surface area contributed by atoms with E-state index >= 15 is 0 Å². The molecule has 3 nitrogen and oxygen atoms in total. The van der Waals surface area contributed by atoms with Crippen LogP contribution in [0.5, 0.6) is 0 Å². The lowest BCUT2D eigenvalue weighted by Gasteiger charge is -2.17. The molecule has 0 unspecified atom stereocenters. The summed E-state index contributed by atoms with van der Waals surface area (Å²) in [6, 6.07) is 10.1. The number of aromatic amines is 1. The number of nitrogens with zero attached hydrogens (tertiary/aromatic N) is 1. The van der Waals surface area contributed by atoms with Gasteiger partial charge in [0.2, 0.25) is 0 Å². The van der Waals surface area contributed by atoms with Crippen LogP contribution in [0.4, 0.5) is 0 Å². The van der Waals surface area contributed by atoms with Crippen LogP contribution in [0.15, 0.2) is 30.3 Å². The Hall–Kier alpha value is -1.77. The number of aldehydes is 1. The summed E-state index contributed by atoms with van der Waals surface area (Å²) in [6.07, 6.45) is 0.844. The fourth-order valence-electron chi connectivity index (χ4n) is 1.44. The van der Waals surface area contributed by atoms with E-state index in [1.165, 1.54) is 5.56 Å². The molecular weight excluding hydrogens is 176 g/mol. The summed E-state index contributed by atoms with van der Waals surface area (Å²) < 4.78 is 1.96. The van der Waals surface area contributed by atoms with Gasteiger partial charge in [-0.3, -0.25) is 14.6 Å². The SMILES string of the molecule is Cc1c(C=O)[nH]n1Cc1ccccc1. The van der Waals surface area contributed by atoms with E-state index in [-0.39, 0.29) is 0 Å². The molecular formula is C11H12N2O. The van der Waals surface area contributed by atoms with Crippen LogP contribution < -0.4 is 0 Å². The number of rotatable bonds is 3. The fraction of sp³-hybridized carbons (Fsp3) is 0.182. The molecule has 0 atom stereocenters. The van der Waals surface area contributed by atoms with Crippen LogP contribution in [0, 0.1) is 6.92 Å². The molecule has 2 rings (SSSR count). The number of hydrogen-bond acceptors (Lipinski definition) is 1. The molecule has 2 aromatic rings. The minimum atomic E-state index is 0.681. The van der Waals surface area contributed by atoms with Gasteiger partial charge in [0.05, 0.1) is 12.2 Å². The molecule has 0 saturated heterocycles. The number of H-pyrrole nitrogens is 1. The number of benzene rings is 1. The molecule has 72 valence electrons. The van der Waals surface area contributed by atoms with Gasteiger partial charge < -0.3 is 0 Å². The highest BCUT2D eigenvalue weighted by Gasteiger charge is 2.07. The molecule has 0 saturated carbocycles. The largest absolute Gasteiger partial charge is 0.296 e. The molecule has 0 amide bonds. The number of nitrogens with one attached hydrogen (secondary N) is 1. The van der Waals surface area contributed by atoms with Crippen LogP contribution in [-0.2, 0) is 6.54 Å². The number of carbonyl (C=O) groups is 1. The zero-order chi connectivity index (χ0) is 9.97. The fourth-order valence-corrected chi connectivity index (χ4v) is 1.44. The van der Waals surface area contributed by atoms with Crippen molar-refractivity contribution in [2.75, 3.05) is 0 Å². The monoisotopic (exact) mass is 188 g/mol. The lowest BCUT2D eigenvalue weighted by Crippen LogP contribution is -2.19. The molecule has 0 radical (unpaired) electrons. The minimum absolute atomic E-state index is 0.681. The third-order valence-corrected chi connectivity index (χ3v) is 2.35. The second kappa shape index (κ2) is 3.54. The van der Waals surface area contributed by atoms with E-state index in [2.05, 4.69) is 17.2 Å². The predicted molar refractivity (Wildman–Crippen MR) is 54.5 cm³/mol. The van der Waals surface area contributed by atoms with Crippen molar-refractivity contribution >= 4 is 6.29 Å². The molecule has 0 bridgehead atoms. The van der Waals surface area contributed by atoms with Crippen molar-refractivity contribution in [1.82, 2.24) is 9.78 Å². The Balaban J connectivity index is 2.13. The van der Waals surface area contributed by atoms with Crippen LogP contribution >= 0.6 is 0 Å². The average Bonchev–Trinajstić information content (AvgIpc) is 2.24. The molecule has 1 heterocycles. The summed E-state index contributed by atoms with van der Waals surface area (Å²) in [6.45, 7) is 2.73. The average molecular weight is 188 g/mol. The molecule has 0 aliphatic heterocycles. The van der Waals surface area contributed by atoms with Gasteiger partial charge in [0.25, 0.3) is 0 Å². The van der Waals surface area contributed by atoms with Gasteiger partial charge in [0.1, 0.15) is 5.69 Å². The summed E-state index contributed by atoms with van der Waals surface area (Å²) in [5, 5.41) is 2.97. The van der Waals surface area contributed by atoms with Gasteiger partial charge in [0, 0.05) is 0 Å². The molecule has 1 N–H and O–H groups in total. The second-order valence-electron chi connectivity index (χ2n) is 3.30. The smallest absolute Gasteiger partial charge is 0.169 e. The third kappa shape index (κ3) is 1.48. The third-order valence-electron chi connectivity index (χ3n) is 2.35. The van der Waals surface area contributed by atoms with Gasteiger partial charge in [0.15, 0.2) is 6.29 Å².